The summed E-state index contributed by atoms with van der Waals surface area (Å²) < 4.78 is 0. The van der Waals surface area contributed by atoms with Gasteiger partial charge < -0.3 is 10.2 Å². The molecule has 0 aromatic heterocycles. The Morgan fingerprint density at radius 3 is 2.28 bits per heavy atom. The molecule has 4 heteroatoms. The van der Waals surface area contributed by atoms with E-state index in [1.54, 1.807) is 4.90 Å². The SMILES string of the molecule is C[C@]1(C(=O)NCc2ccccc2)CCC(=O)N1CCc1ccccc1. The van der Waals surface area contributed by atoms with Crippen LogP contribution in [0.15, 0.2) is 60.7 Å². The number of carbonyl (C=O) groups is 2. The summed E-state index contributed by atoms with van der Waals surface area (Å²) in [6, 6.07) is 19.9. The zero-order valence-electron chi connectivity index (χ0n) is 14.6. The number of hydrogen-bond acceptors (Lipinski definition) is 2. The van der Waals surface area contributed by atoms with Crippen molar-refractivity contribution in [3.63, 3.8) is 0 Å². The molecule has 0 spiro atoms. The van der Waals surface area contributed by atoms with E-state index in [1.807, 2.05) is 67.6 Å². The number of hydrogen-bond donors (Lipinski definition) is 1. The molecule has 2 aromatic carbocycles. The maximum atomic E-state index is 12.8. The van der Waals surface area contributed by atoms with Crippen LogP contribution in [0.2, 0.25) is 0 Å². The highest BCUT2D eigenvalue weighted by Gasteiger charge is 2.46. The second-order valence-electron chi connectivity index (χ2n) is 6.72. The smallest absolute Gasteiger partial charge is 0.245 e. The van der Waals surface area contributed by atoms with Crippen molar-refractivity contribution in [3.05, 3.63) is 71.8 Å². The molecule has 1 aliphatic rings. The van der Waals surface area contributed by atoms with E-state index in [-0.39, 0.29) is 11.8 Å². The number of amides is 2. The lowest BCUT2D eigenvalue weighted by molar-refractivity contribution is -0.140. The van der Waals surface area contributed by atoms with Crippen molar-refractivity contribution in [1.82, 2.24) is 10.2 Å². The number of nitrogens with zero attached hydrogens (tertiary/aromatic N) is 1. The number of carbonyl (C=O) groups excluding carboxylic acids is 2. The third kappa shape index (κ3) is 3.90. The van der Waals surface area contributed by atoms with Crippen LogP contribution in [0.5, 0.6) is 0 Å². The Labute approximate surface area is 148 Å². The molecule has 25 heavy (non-hydrogen) atoms. The minimum atomic E-state index is -0.763. The van der Waals surface area contributed by atoms with Crippen LogP contribution in [0, 0.1) is 0 Å². The van der Waals surface area contributed by atoms with Crippen molar-refractivity contribution >= 4 is 11.8 Å². The Kier molecular flexibility index (Phi) is 5.17. The molecule has 1 atom stereocenters. The van der Waals surface area contributed by atoms with E-state index in [0.717, 1.165) is 12.0 Å². The van der Waals surface area contributed by atoms with Crippen molar-refractivity contribution in [3.8, 4) is 0 Å². The molecular weight excluding hydrogens is 312 g/mol. The van der Waals surface area contributed by atoms with Crippen LogP contribution >= 0.6 is 0 Å². The van der Waals surface area contributed by atoms with Crippen LogP contribution in [0.3, 0.4) is 0 Å². The van der Waals surface area contributed by atoms with Crippen LogP contribution in [-0.2, 0) is 22.6 Å². The molecule has 1 saturated heterocycles. The maximum absolute atomic E-state index is 12.8. The second-order valence-corrected chi connectivity index (χ2v) is 6.72. The van der Waals surface area contributed by atoms with Gasteiger partial charge in [0.2, 0.25) is 11.8 Å². The van der Waals surface area contributed by atoms with E-state index in [0.29, 0.717) is 25.9 Å². The van der Waals surface area contributed by atoms with Gasteiger partial charge in [0.05, 0.1) is 0 Å². The number of likely N-dealkylation sites (tertiary alicyclic amines) is 1. The molecule has 2 aromatic rings. The Balaban J connectivity index is 1.64. The van der Waals surface area contributed by atoms with E-state index in [2.05, 4.69) is 5.32 Å². The van der Waals surface area contributed by atoms with E-state index in [9.17, 15) is 9.59 Å². The van der Waals surface area contributed by atoms with Crippen LogP contribution in [0.4, 0.5) is 0 Å². The van der Waals surface area contributed by atoms with Crippen molar-refractivity contribution < 1.29 is 9.59 Å². The molecule has 0 bridgehead atoms. The fourth-order valence-electron chi connectivity index (χ4n) is 3.36. The molecule has 1 heterocycles. The van der Waals surface area contributed by atoms with Crippen molar-refractivity contribution in [1.29, 1.82) is 0 Å². The summed E-state index contributed by atoms with van der Waals surface area (Å²) in [6.45, 7) is 2.93. The van der Waals surface area contributed by atoms with Gasteiger partial charge in [0.1, 0.15) is 5.54 Å². The lowest BCUT2D eigenvalue weighted by Crippen LogP contribution is -2.54. The normalized spacial score (nSPS) is 19.9. The number of nitrogens with one attached hydrogen (secondary N) is 1. The lowest BCUT2D eigenvalue weighted by atomic mass is 9.97. The molecule has 0 unspecified atom stereocenters. The molecule has 130 valence electrons. The first kappa shape index (κ1) is 17.2. The van der Waals surface area contributed by atoms with E-state index in [4.69, 9.17) is 0 Å². The predicted octanol–water partition coefficient (Wildman–Crippen LogP) is 2.93. The quantitative estimate of drug-likeness (QED) is 0.882. The summed E-state index contributed by atoms with van der Waals surface area (Å²) in [5.41, 5.74) is 1.47. The summed E-state index contributed by atoms with van der Waals surface area (Å²) in [4.78, 5) is 26.9. The average Bonchev–Trinajstić information content (AvgIpc) is 2.95. The summed E-state index contributed by atoms with van der Waals surface area (Å²) >= 11 is 0. The zero-order valence-corrected chi connectivity index (χ0v) is 14.6. The topological polar surface area (TPSA) is 49.4 Å². The number of benzene rings is 2. The molecule has 0 saturated carbocycles. The molecule has 1 fully saturated rings. The van der Waals surface area contributed by atoms with Crippen LogP contribution in [-0.4, -0.2) is 28.8 Å². The van der Waals surface area contributed by atoms with Gasteiger partial charge in [0, 0.05) is 19.5 Å². The van der Waals surface area contributed by atoms with Gasteiger partial charge in [-0.05, 0) is 30.9 Å². The second kappa shape index (κ2) is 7.51. The predicted molar refractivity (Wildman–Crippen MR) is 97.8 cm³/mol. The monoisotopic (exact) mass is 336 g/mol. The highest BCUT2D eigenvalue weighted by molar-refractivity contribution is 5.94. The summed E-state index contributed by atoms with van der Waals surface area (Å²) in [6.07, 6.45) is 1.76. The zero-order chi connectivity index (χ0) is 17.7. The largest absolute Gasteiger partial charge is 0.350 e. The van der Waals surface area contributed by atoms with Gasteiger partial charge in [0.15, 0.2) is 0 Å². The minimum absolute atomic E-state index is 0.0632. The number of rotatable bonds is 6. The maximum Gasteiger partial charge on any atom is 0.245 e. The van der Waals surface area contributed by atoms with Gasteiger partial charge in [-0.3, -0.25) is 9.59 Å². The molecule has 3 rings (SSSR count). The third-order valence-electron chi connectivity index (χ3n) is 4.97. The third-order valence-corrected chi connectivity index (χ3v) is 4.97. The molecule has 0 aliphatic carbocycles. The van der Waals surface area contributed by atoms with Gasteiger partial charge >= 0.3 is 0 Å². The Morgan fingerprint density at radius 2 is 1.64 bits per heavy atom. The van der Waals surface area contributed by atoms with E-state index < -0.39 is 5.54 Å². The van der Waals surface area contributed by atoms with Crippen molar-refractivity contribution in [2.24, 2.45) is 0 Å². The summed E-state index contributed by atoms with van der Waals surface area (Å²) in [5, 5.41) is 3.00. The highest BCUT2D eigenvalue weighted by Crippen LogP contribution is 2.30. The Bertz CT molecular complexity index is 730. The fourth-order valence-corrected chi connectivity index (χ4v) is 3.36. The van der Waals surface area contributed by atoms with Gasteiger partial charge in [-0.15, -0.1) is 0 Å². The van der Waals surface area contributed by atoms with E-state index in [1.165, 1.54) is 5.56 Å². The molecule has 4 nitrogen and oxygen atoms in total. The first-order chi connectivity index (χ1) is 12.1. The lowest BCUT2D eigenvalue weighted by Gasteiger charge is -2.34. The first-order valence-electron chi connectivity index (χ1n) is 8.76. The van der Waals surface area contributed by atoms with Crippen LogP contribution in [0.25, 0.3) is 0 Å². The fraction of sp³-hybridized carbons (Fsp3) is 0.333. The van der Waals surface area contributed by atoms with Crippen molar-refractivity contribution in [2.45, 2.75) is 38.3 Å². The molecular formula is C21H24N2O2. The first-order valence-corrected chi connectivity index (χ1v) is 8.76. The van der Waals surface area contributed by atoms with Gasteiger partial charge in [-0.25, -0.2) is 0 Å². The summed E-state index contributed by atoms with van der Waals surface area (Å²) in [7, 11) is 0. The molecule has 1 aliphatic heterocycles. The van der Waals surface area contributed by atoms with Gasteiger partial charge in [-0.2, -0.15) is 0 Å². The Hall–Kier alpha value is -2.62. The highest BCUT2D eigenvalue weighted by atomic mass is 16.2. The minimum Gasteiger partial charge on any atom is -0.350 e. The summed E-state index contributed by atoms with van der Waals surface area (Å²) in [5.74, 6) is -0.0106. The van der Waals surface area contributed by atoms with Crippen molar-refractivity contribution in [2.75, 3.05) is 6.54 Å². The Morgan fingerprint density at radius 1 is 1.04 bits per heavy atom. The molecule has 2 amide bonds. The van der Waals surface area contributed by atoms with Gasteiger partial charge in [0.25, 0.3) is 0 Å². The average molecular weight is 336 g/mol. The van der Waals surface area contributed by atoms with Crippen LogP contribution in [0.1, 0.15) is 30.9 Å². The molecule has 0 radical (unpaired) electrons. The molecule has 1 N–H and O–H groups in total. The van der Waals surface area contributed by atoms with Crippen LogP contribution < -0.4 is 5.32 Å². The standard InChI is InChI=1S/C21H24N2O2/c1-21(20(25)22-16-18-10-6-3-7-11-18)14-12-19(24)23(21)15-13-17-8-4-2-5-9-17/h2-11H,12-16H2,1H3,(H,22,25)/t21-/m1/s1. The van der Waals surface area contributed by atoms with E-state index >= 15 is 0 Å². The van der Waals surface area contributed by atoms with Gasteiger partial charge in [-0.1, -0.05) is 60.7 Å².